The number of fused-ring (bicyclic) bond motifs is 1. The van der Waals surface area contributed by atoms with Crippen molar-refractivity contribution in [2.75, 3.05) is 17.8 Å². The molecule has 112 valence electrons. The molecule has 0 aliphatic rings. The number of anilines is 1. The number of hydrogen-bond acceptors (Lipinski definition) is 5. The van der Waals surface area contributed by atoms with Gasteiger partial charge in [0.05, 0.1) is 10.2 Å². The number of aromatic nitrogens is 1. The topological polar surface area (TPSA) is 42.0 Å². The van der Waals surface area contributed by atoms with Crippen molar-refractivity contribution in [3.63, 3.8) is 0 Å². The summed E-state index contributed by atoms with van der Waals surface area (Å²) in [6.07, 6.45) is 4.04. The first-order valence-corrected chi connectivity index (χ1v) is 9.86. The van der Waals surface area contributed by atoms with Gasteiger partial charge in [0.2, 0.25) is 0 Å². The van der Waals surface area contributed by atoms with Gasteiger partial charge in [0.25, 0.3) is 5.91 Å². The van der Waals surface area contributed by atoms with Crippen LogP contribution in [0.4, 0.5) is 5.13 Å². The summed E-state index contributed by atoms with van der Waals surface area (Å²) in [6, 6.07) is 13.7. The van der Waals surface area contributed by atoms with Crippen LogP contribution in [0.15, 0.2) is 52.3 Å². The van der Waals surface area contributed by atoms with Gasteiger partial charge in [0, 0.05) is 15.4 Å². The van der Waals surface area contributed by atoms with E-state index < -0.39 is 0 Å². The molecular formula is C16H14N2OS3. The molecule has 0 spiro atoms. The van der Waals surface area contributed by atoms with E-state index >= 15 is 0 Å². The highest BCUT2D eigenvalue weighted by atomic mass is 32.2. The Morgan fingerprint density at radius 1 is 1.09 bits per heavy atom. The van der Waals surface area contributed by atoms with Gasteiger partial charge in [0.1, 0.15) is 0 Å². The van der Waals surface area contributed by atoms with Gasteiger partial charge in [-0.3, -0.25) is 10.1 Å². The highest BCUT2D eigenvalue weighted by molar-refractivity contribution is 7.98. The zero-order valence-electron chi connectivity index (χ0n) is 12.1. The van der Waals surface area contributed by atoms with Crippen molar-refractivity contribution < 1.29 is 4.79 Å². The van der Waals surface area contributed by atoms with Crippen LogP contribution >= 0.6 is 34.9 Å². The number of carbonyl (C=O) groups excluding carboxylic acids is 1. The molecule has 0 bridgehead atoms. The van der Waals surface area contributed by atoms with Crippen LogP contribution in [0.2, 0.25) is 0 Å². The molecule has 1 N–H and O–H groups in total. The van der Waals surface area contributed by atoms with Gasteiger partial charge < -0.3 is 0 Å². The molecule has 6 heteroatoms. The fourth-order valence-corrected chi connectivity index (χ4v) is 3.89. The van der Waals surface area contributed by atoms with Crippen LogP contribution < -0.4 is 5.32 Å². The minimum absolute atomic E-state index is 0.125. The Morgan fingerprint density at radius 3 is 2.64 bits per heavy atom. The van der Waals surface area contributed by atoms with Crippen molar-refractivity contribution >= 4 is 56.1 Å². The maximum atomic E-state index is 12.3. The molecule has 0 aliphatic heterocycles. The summed E-state index contributed by atoms with van der Waals surface area (Å²) in [5, 5.41) is 3.52. The molecule has 0 unspecified atom stereocenters. The van der Waals surface area contributed by atoms with Crippen LogP contribution in [0, 0.1) is 0 Å². The Labute approximate surface area is 141 Å². The molecule has 2 aromatic carbocycles. The lowest BCUT2D eigenvalue weighted by molar-refractivity contribution is 0.102. The predicted octanol–water partition coefficient (Wildman–Crippen LogP) is 4.99. The second-order valence-corrected chi connectivity index (χ2v) is 7.33. The molecule has 1 heterocycles. The van der Waals surface area contributed by atoms with Crippen LogP contribution in [0.25, 0.3) is 10.2 Å². The van der Waals surface area contributed by atoms with E-state index in [-0.39, 0.29) is 5.91 Å². The number of benzene rings is 2. The second kappa shape index (κ2) is 6.73. The SMILES string of the molecule is CSc1cccc(C(=O)Nc2nc3ccc(SC)cc3s2)c1. The van der Waals surface area contributed by atoms with Crippen LogP contribution in [0.1, 0.15) is 10.4 Å². The number of thioether (sulfide) groups is 2. The fourth-order valence-electron chi connectivity index (χ4n) is 2.02. The zero-order valence-corrected chi connectivity index (χ0v) is 14.6. The van der Waals surface area contributed by atoms with Gasteiger partial charge in [-0.1, -0.05) is 17.4 Å². The number of amides is 1. The highest BCUT2D eigenvalue weighted by Gasteiger charge is 2.10. The largest absolute Gasteiger partial charge is 0.298 e. The molecule has 1 aromatic heterocycles. The molecule has 3 rings (SSSR count). The van der Waals surface area contributed by atoms with Crippen molar-refractivity contribution in [2.45, 2.75) is 9.79 Å². The molecule has 3 aromatic rings. The van der Waals surface area contributed by atoms with Crippen LogP contribution in [0.5, 0.6) is 0 Å². The van der Waals surface area contributed by atoms with Gasteiger partial charge in [-0.05, 0) is 48.9 Å². The smallest absolute Gasteiger partial charge is 0.257 e. The maximum absolute atomic E-state index is 12.3. The number of nitrogens with one attached hydrogen (secondary N) is 1. The van der Waals surface area contributed by atoms with E-state index in [4.69, 9.17) is 0 Å². The third kappa shape index (κ3) is 3.29. The van der Waals surface area contributed by atoms with E-state index in [1.54, 1.807) is 23.5 Å². The van der Waals surface area contributed by atoms with Crippen LogP contribution in [-0.2, 0) is 0 Å². The summed E-state index contributed by atoms with van der Waals surface area (Å²) in [5.74, 6) is -0.125. The summed E-state index contributed by atoms with van der Waals surface area (Å²) in [6.45, 7) is 0. The van der Waals surface area contributed by atoms with Crippen molar-refractivity contribution in [1.82, 2.24) is 4.98 Å². The predicted molar refractivity (Wildman–Crippen MR) is 97.6 cm³/mol. The van der Waals surface area contributed by atoms with Crippen LogP contribution in [-0.4, -0.2) is 23.4 Å². The lowest BCUT2D eigenvalue weighted by Gasteiger charge is -2.03. The monoisotopic (exact) mass is 346 g/mol. The van der Waals surface area contributed by atoms with Gasteiger partial charge in [-0.25, -0.2) is 4.98 Å². The summed E-state index contributed by atoms with van der Waals surface area (Å²) in [5.41, 5.74) is 1.56. The minimum Gasteiger partial charge on any atom is -0.298 e. The number of rotatable bonds is 4. The van der Waals surface area contributed by atoms with E-state index in [9.17, 15) is 4.79 Å². The van der Waals surface area contributed by atoms with E-state index in [0.717, 1.165) is 15.1 Å². The number of thiazole rings is 1. The Bertz CT molecular complexity index is 829. The average Bonchev–Trinajstić information content (AvgIpc) is 2.95. The van der Waals surface area contributed by atoms with Gasteiger partial charge in [0.15, 0.2) is 5.13 Å². The molecule has 1 amide bonds. The molecule has 0 fully saturated rings. The van der Waals surface area contributed by atoms with Crippen LogP contribution in [0.3, 0.4) is 0 Å². The first-order valence-electron chi connectivity index (χ1n) is 6.59. The van der Waals surface area contributed by atoms with Gasteiger partial charge >= 0.3 is 0 Å². The first kappa shape index (κ1) is 15.4. The summed E-state index contributed by atoms with van der Waals surface area (Å²) in [4.78, 5) is 19.1. The van der Waals surface area contributed by atoms with E-state index in [1.807, 2.05) is 48.9 Å². The number of carbonyl (C=O) groups is 1. The molecule has 0 aliphatic carbocycles. The Morgan fingerprint density at radius 2 is 1.86 bits per heavy atom. The van der Waals surface area contributed by atoms with E-state index in [1.165, 1.54) is 16.2 Å². The van der Waals surface area contributed by atoms with Crippen molar-refractivity contribution in [2.24, 2.45) is 0 Å². The maximum Gasteiger partial charge on any atom is 0.257 e. The lowest BCUT2D eigenvalue weighted by Crippen LogP contribution is -2.11. The Kier molecular flexibility index (Phi) is 4.71. The molecule has 3 nitrogen and oxygen atoms in total. The molecule has 0 atom stereocenters. The summed E-state index contributed by atoms with van der Waals surface area (Å²) in [7, 11) is 0. The standard InChI is InChI=1S/C16H14N2OS3/c1-20-11-5-3-4-10(8-11)15(19)18-16-17-13-7-6-12(21-2)9-14(13)22-16/h3-9H,1-2H3,(H,17,18,19). The summed E-state index contributed by atoms with van der Waals surface area (Å²) < 4.78 is 1.08. The lowest BCUT2D eigenvalue weighted by atomic mass is 10.2. The van der Waals surface area contributed by atoms with E-state index in [2.05, 4.69) is 16.4 Å². The molecule has 0 radical (unpaired) electrons. The Hall–Kier alpha value is -1.50. The van der Waals surface area contributed by atoms with Crippen molar-refractivity contribution in [3.05, 3.63) is 48.0 Å². The van der Waals surface area contributed by atoms with Gasteiger partial charge in [-0.15, -0.1) is 23.5 Å². The third-order valence-electron chi connectivity index (χ3n) is 3.15. The van der Waals surface area contributed by atoms with E-state index in [0.29, 0.717) is 10.7 Å². The molecule has 22 heavy (non-hydrogen) atoms. The summed E-state index contributed by atoms with van der Waals surface area (Å²) >= 11 is 4.81. The molecule has 0 saturated carbocycles. The van der Waals surface area contributed by atoms with Crippen molar-refractivity contribution in [3.8, 4) is 0 Å². The first-order chi connectivity index (χ1) is 10.7. The normalized spacial score (nSPS) is 10.8. The Balaban J connectivity index is 1.84. The second-order valence-electron chi connectivity index (χ2n) is 4.54. The third-order valence-corrected chi connectivity index (χ3v) is 5.53. The molecular weight excluding hydrogens is 332 g/mol. The number of hydrogen-bond donors (Lipinski definition) is 1. The van der Waals surface area contributed by atoms with Crippen molar-refractivity contribution in [1.29, 1.82) is 0 Å². The number of nitrogens with zero attached hydrogens (tertiary/aromatic N) is 1. The quantitative estimate of drug-likeness (QED) is 0.676. The zero-order chi connectivity index (χ0) is 15.5. The minimum atomic E-state index is -0.125. The highest BCUT2D eigenvalue weighted by Crippen LogP contribution is 2.29. The average molecular weight is 347 g/mol. The fraction of sp³-hybridized carbons (Fsp3) is 0.125. The van der Waals surface area contributed by atoms with Gasteiger partial charge in [-0.2, -0.15) is 0 Å². The molecule has 0 saturated heterocycles.